The predicted molar refractivity (Wildman–Crippen MR) is 147 cm³/mol. The molecule has 0 aliphatic carbocycles. The Morgan fingerprint density at radius 3 is 2.50 bits per heavy atom. The first kappa shape index (κ1) is 27.6. The second-order valence-corrected chi connectivity index (χ2v) is 10.4. The molecule has 1 aliphatic heterocycles. The van der Waals surface area contributed by atoms with Gasteiger partial charge in [-0.05, 0) is 78.7 Å². The number of aromatic nitrogens is 2. The van der Waals surface area contributed by atoms with E-state index in [0.717, 1.165) is 36.5 Å². The van der Waals surface area contributed by atoms with Crippen molar-refractivity contribution in [2.75, 3.05) is 18.4 Å². The van der Waals surface area contributed by atoms with Crippen LogP contribution in [0.1, 0.15) is 28.8 Å². The molecule has 5 rings (SSSR count). The van der Waals surface area contributed by atoms with Gasteiger partial charge in [-0.3, -0.25) is 4.79 Å². The van der Waals surface area contributed by atoms with Crippen molar-refractivity contribution in [2.45, 2.75) is 37.3 Å². The minimum atomic E-state index is -4.77. The van der Waals surface area contributed by atoms with Gasteiger partial charge in [0, 0.05) is 36.6 Å². The van der Waals surface area contributed by atoms with Crippen molar-refractivity contribution in [3.63, 3.8) is 0 Å². The van der Waals surface area contributed by atoms with Gasteiger partial charge in [-0.25, -0.2) is 9.29 Å². The number of nitrogens with zero attached hydrogens (tertiary/aromatic N) is 2. The number of anilines is 1. The lowest BCUT2D eigenvalue weighted by molar-refractivity contribution is -0.274. The van der Waals surface area contributed by atoms with Crippen LogP contribution in [0.4, 0.5) is 18.9 Å². The first-order chi connectivity index (χ1) is 19.2. The maximum Gasteiger partial charge on any atom is 0.573 e. The van der Waals surface area contributed by atoms with Crippen molar-refractivity contribution in [1.29, 1.82) is 0 Å². The Hall–Kier alpha value is -3.96. The van der Waals surface area contributed by atoms with Gasteiger partial charge < -0.3 is 19.8 Å². The maximum absolute atomic E-state index is 13.3. The molecule has 0 saturated carbocycles. The summed E-state index contributed by atoms with van der Waals surface area (Å²) in [5.41, 5.74) is 3.02. The Morgan fingerprint density at radius 2 is 1.80 bits per heavy atom. The normalized spacial score (nSPS) is 14.6. The van der Waals surface area contributed by atoms with Crippen molar-refractivity contribution in [2.24, 2.45) is 0 Å². The zero-order valence-electron chi connectivity index (χ0n) is 21.6. The largest absolute Gasteiger partial charge is 0.573 e. The van der Waals surface area contributed by atoms with E-state index in [9.17, 15) is 18.0 Å². The summed E-state index contributed by atoms with van der Waals surface area (Å²) in [7, 11) is 0. The number of H-pyrrole nitrogens is 1. The number of carbonyl (C=O) groups is 1. The minimum absolute atomic E-state index is 0.0645. The van der Waals surface area contributed by atoms with Crippen LogP contribution in [0.5, 0.6) is 11.5 Å². The minimum Gasteiger partial charge on any atom is -0.490 e. The number of hydrogen-bond donors (Lipinski definition) is 2. The Balaban J connectivity index is 1.24. The molecule has 2 N–H and O–H groups in total. The van der Waals surface area contributed by atoms with Gasteiger partial charge in [0.15, 0.2) is 0 Å². The number of aryl methyl sites for hydroxylation is 1. The number of imidazole rings is 1. The highest BCUT2D eigenvalue weighted by Crippen LogP contribution is 2.32. The lowest BCUT2D eigenvalue weighted by atomic mass is 9.94. The maximum atomic E-state index is 13.3. The zero-order valence-corrected chi connectivity index (χ0v) is 22.4. The van der Waals surface area contributed by atoms with Crippen LogP contribution in [0.25, 0.3) is 11.1 Å². The SMILES string of the molecule is Cc1cccc(C(=O)Nc2cccc(OC3CCN(Sc4c[nH]cn4)CC3)c2)c1-c1ccc(OC(F)(F)F)cc1. The molecule has 0 unspecified atom stereocenters. The summed E-state index contributed by atoms with van der Waals surface area (Å²) in [6, 6.07) is 18.1. The second-order valence-electron chi connectivity index (χ2n) is 9.30. The van der Waals surface area contributed by atoms with E-state index in [1.54, 1.807) is 42.5 Å². The number of halogens is 3. The molecular weight excluding hydrogens is 541 g/mol. The van der Waals surface area contributed by atoms with Gasteiger partial charge >= 0.3 is 6.36 Å². The number of carbonyl (C=O) groups excluding carboxylic acids is 1. The van der Waals surface area contributed by atoms with Gasteiger partial charge in [0.25, 0.3) is 5.91 Å². The van der Waals surface area contributed by atoms with Crippen LogP contribution in [0.15, 0.2) is 84.3 Å². The van der Waals surface area contributed by atoms with Crippen LogP contribution in [-0.2, 0) is 0 Å². The summed E-state index contributed by atoms with van der Waals surface area (Å²) in [5.74, 6) is 0.00541. The molecule has 4 aromatic rings. The molecule has 1 amide bonds. The first-order valence-electron chi connectivity index (χ1n) is 12.7. The molecule has 1 aliphatic rings. The molecule has 7 nitrogen and oxygen atoms in total. The van der Waals surface area contributed by atoms with E-state index in [4.69, 9.17) is 4.74 Å². The lowest BCUT2D eigenvalue weighted by Gasteiger charge is -2.30. The van der Waals surface area contributed by atoms with Crippen molar-refractivity contribution in [1.82, 2.24) is 14.3 Å². The smallest absolute Gasteiger partial charge is 0.490 e. The number of ether oxygens (including phenoxy) is 2. The van der Waals surface area contributed by atoms with Gasteiger partial charge in [0.05, 0.1) is 6.33 Å². The van der Waals surface area contributed by atoms with E-state index in [1.807, 2.05) is 31.3 Å². The number of aromatic amines is 1. The highest BCUT2D eigenvalue weighted by Gasteiger charge is 2.31. The second kappa shape index (κ2) is 12.1. The van der Waals surface area contributed by atoms with Crippen LogP contribution in [0.2, 0.25) is 0 Å². The molecule has 0 atom stereocenters. The van der Waals surface area contributed by atoms with E-state index in [1.165, 1.54) is 24.3 Å². The number of benzene rings is 3. The number of piperidine rings is 1. The number of hydrogen-bond acceptors (Lipinski definition) is 6. The molecule has 0 radical (unpaired) electrons. The van der Waals surface area contributed by atoms with Gasteiger partial charge in [-0.1, -0.05) is 30.3 Å². The Bertz CT molecular complexity index is 1440. The third kappa shape index (κ3) is 7.16. The zero-order chi connectivity index (χ0) is 28.1. The van der Waals surface area contributed by atoms with Crippen molar-refractivity contribution in [3.05, 3.63) is 90.4 Å². The molecule has 2 heterocycles. The highest BCUT2D eigenvalue weighted by molar-refractivity contribution is 7.97. The summed E-state index contributed by atoms with van der Waals surface area (Å²) in [4.78, 5) is 20.6. The molecule has 3 aromatic carbocycles. The standard InChI is InChI=1S/C29H27F3N4O3S/c1-19-4-2-7-25(27(19)20-8-10-23(11-9-20)39-29(30,31)32)28(37)35-21-5-3-6-24(16-21)38-22-12-14-36(15-13-22)40-26-17-33-18-34-26/h2-11,16-18,22H,12-15H2,1H3,(H,33,34)(H,35,37). The molecule has 1 aromatic heterocycles. The van der Waals surface area contributed by atoms with E-state index in [-0.39, 0.29) is 17.8 Å². The average molecular weight is 569 g/mol. The summed E-state index contributed by atoms with van der Waals surface area (Å²) in [6.07, 6.45) is 0.564. The Labute approximate surface area is 233 Å². The first-order valence-corrected chi connectivity index (χ1v) is 13.5. The fourth-order valence-corrected chi connectivity index (χ4v) is 5.45. The van der Waals surface area contributed by atoms with Crippen molar-refractivity contribution < 1.29 is 27.4 Å². The molecule has 208 valence electrons. The van der Waals surface area contributed by atoms with Crippen LogP contribution in [0, 0.1) is 6.92 Å². The number of alkyl halides is 3. The van der Waals surface area contributed by atoms with Crippen LogP contribution in [0.3, 0.4) is 0 Å². The highest BCUT2D eigenvalue weighted by atomic mass is 32.2. The topological polar surface area (TPSA) is 79.5 Å². The van der Waals surface area contributed by atoms with Crippen molar-refractivity contribution in [3.8, 4) is 22.6 Å². The number of rotatable bonds is 8. The third-order valence-corrected chi connectivity index (χ3v) is 7.42. The lowest BCUT2D eigenvalue weighted by Crippen LogP contribution is -2.34. The molecular formula is C29H27F3N4O3S. The number of amides is 1. The molecule has 1 fully saturated rings. The molecule has 11 heteroatoms. The Morgan fingerprint density at radius 1 is 1.05 bits per heavy atom. The van der Waals surface area contributed by atoms with Crippen molar-refractivity contribution >= 4 is 23.5 Å². The van der Waals surface area contributed by atoms with Gasteiger partial charge in [0.2, 0.25) is 0 Å². The summed E-state index contributed by atoms with van der Waals surface area (Å²) >= 11 is 1.63. The van der Waals surface area contributed by atoms with Crippen LogP contribution in [-0.4, -0.2) is 45.7 Å². The van der Waals surface area contributed by atoms with Crippen LogP contribution >= 0.6 is 11.9 Å². The average Bonchev–Trinajstić information content (AvgIpc) is 3.43. The summed E-state index contributed by atoms with van der Waals surface area (Å²) in [5, 5.41) is 3.87. The van der Waals surface area contributed by atoms with E-state index in [2.05, 4.69) is 24.3 Å². The molecule has 0 spiro atoms. The summed E-state index contributed by atoms with van der Waals surface area (Å²) < 4.78 is 50.1. The molecule has 40 heavy (non-hydrogen) atoms. The number of nitrogens with one attached hydrogen (secondary N) is 2. The quantitative estimate of drug-likeness (QED) is 0.221. The molecule has 0 bridgehead atoms. The fraction of sp³-hybridized carbons (Fsp3) is 0.241. The molecule has 1 saturated heterocycles. The van der Waals surface area contributed by atoms with Gasteiger partial charge in [-0.2, -0.15) is 0 Å². The summed E-state index contributed by atoms with van der Waals surface area (Å²) in [6.45, 7) is 3.59. The van der Waals surface area contributed by atoms with E-state index in [0.29, 0.717) is 28.1 Å². The fourth-order valence-electron chi connectivity index (χ4n) is 4.57. The Kier molecular flexibility index (Phi) is 8.32. The monoisotopic (exact) mass is 568 g/mol. The third-order valence-electron chi connectivity index (χ3n) is 6.39. The van der Waals surface area contributed by atoms with Gasteiger partial charge in [0.1, 0.15) is 22.6 Å². The van der Waals surface area contributed by atoms with E-state index >= 15 is 0 Å². The van der Waals surface area contributed by atoms with Crippen LogP contribution < -0.4 is 14.8 Å². The van der Waals surface area contributed by atoms with Gasteiger partial charge in [-0.15, -0.1) is 13.2 Å². The predicted octanol–water partition coefficient (Wildman–Crippen LogP) is 7.09. The van der Waals surface area contributed by atoms with E-state index < -0.39 is 6.36 Å².